The van der Waals surface area contributed by atoms with Crippen LogP contribution in [0.2, 0.25) is 5.02 Å². The van der Waals surface area contributed by atoms with Crippen molar-refractivity contribution in [3.05, 3.63) is 34.1 Å². The van der Waals surface area contributed by atoms with Gasteiger partial charge in [0.2, 0.25) is 0 Å². The van der Waals surface area contributed by atoms with E-state index in [9.17, 15) is 4.39 Å². The number of aryl methyl sites for hydroxylation is 1. The van der Waals surface area contributed by atoms with Crippen molar-refractivity contribution in [2.24, 2.45) is 5.90 Å². The molecule has 72 valence electrons. The fourth-order valence-electron chi connectivity index (χ4n) is 1.15. The summed E-state index contributed by atoms with van der Waals surface area (Å²) in [5.41, 5.74) is 1.37. The lowest BCUT2D eigenvalue weighted by Gasteiger charge is -2.05. The lowest BCUT2D eigenvalue weighted by molar-refractivity contribution is 0.124. The highest BCUT2D eigenvalue weighted by Gasteiger charge is 2.07. The Balaban J connectivity index is 3.06. The highest BCUT2D eigenvalue weighted by atomic mass is 35.5. The Labute approximate surface area is 81.4 Å². The molecule has 0 aromatic heterocycles. The maximum absolute atomic E-state index is 13.2. The molecular weight excluding hydrogens is 193 g/mol. The molecule has 0 radical (unpaired) electrons. The fourth-order valence-corrected chi connectivity index (χ4v) is 1.41. The molecule has 0 saturated carbocycles. The smallest absolute Gasteiger partial charge is 0.144 e. The van der Waals surface area contributed by atoms with Gasteiger partial charge in [0, 0.05) is 0 Å². The van der Waals surface area contributed by atoms with Gasteiger partial charge in [0.15, 0.2) is 0 Å². The van der Waals surface area contributed by atoms with Crippen LogP contribution in [0.1, 0.15) is 18.1 Å². The lowest BCUT2D eigenvalue weighted by atomic mass is 10.1. The van der Waals surface area contributed by atoms with E-state index in [-0.39, 0.29) is 17.4 Å². The molecule has 0 heterocycles. The van der Waals surface area contributed by atoms with Crippen LogP contribution in [-0.4, -0.2) is 0 Å². The Kier molecular flexibility index (Phi) is 3.66. The van der Waals surface area contributed by atoms with Gasteiger partial charge in [0.05, 0.1) is 11.6 Å². The Morgan fingerprint density at radius 3 is 2.77 bits per heavy atom. The highest BCUT2D eigenvalue weighted by molar-refractivity contribution is 6.30. The molecule has 0 spiro atoms. The molecule has 2 nitrogen and oxygen atoms in total. The summed E-state index contributed by atoms with van der Waals surface area (Å²) in [6.45, 7) is 2.11. The Morgan fingerprint density at radius 1 is 1.54 bits per heavy atom. The molecule has 0 aliphatic rings. The van der Waals surface area contributed by atoms with Gasteiger partial charge in [-0.3, -0.25) is 4.84 Å². The van der Waals surface area contributed by atoms with Crippen LogP contribution in [0.15, 0.2) is 12.1 Å². The molecule has 0 bridgehead atoms. The van der Waals surface area contributed by atoms with Crippen molar-refractivity contribution in [1.29, 1.82) is 0 Å². The lowest BCUT2D eigenvalue weighted by Crippen LogP contribution is -2.00. The van der Waals surface area contributed by atoms with E-state index in [1.165, 1.54) is 6.07 Å². The van der Waals surface area contributed by atoms with Crippen molar-refractivity contribution in [1.82, 2.24) is 0 Å². The number of hydrogen-bond acceptors (Lipinski definition) is 2. The quantitative estimate of drug-likeness (QED) is 0.766. The first kappa shape index (κ1) is 10.4. The van der Waals surface area contributed by atoms with Gasteiger partial charge in [-0.25, -0.2) is 10.3 Å². The summed E-state index contributed by atoms with van der Waals surface area (Å²) in [4.78, 5) is 4.44. The number of halogens is 2. The van der Waals surface area contributed by atoms with E-state index in [0.29, 0.717) is 12.0 Å². The Hall–Kier alpha value is -0.640. The van der Waals surface area contributed by atoms with Crippen LogP contribution in [0.3, 0.4) is 0 Å². The molecule has 0 unspecified atom stereocenters. The van der Waals surface area contributed by atoms with E-state index in [1.807, 2.05) is 6.92 Å². The van der Waals surface area contributed by atoms with E-state index < -0.39 is 0 Å². The van der Waals surface area contributed by atoms with Crippen LogP contribution in [0.4, 0.5) is 4.39 Å². The predicted octanol–water partition coefficient (Wildman–Crippen LogP) is 2.43. The van der Waals surface area contributed by atoms with Gasteiger partial charge < -0.3 is 0 Å². The van der Waals surface area contributed by atoms with Crippen molar-refractivity contribution in [3.8, 4) is 0 Å². The minimum atomic E-state index is -0.357. The molecule has 0 atom stereocenters. The zero-order valence-corrected chi connectivity index (χ0v) is 8.07. The van der Waals surface area contributed by atoms with E-state index >= 15 is 0 Å². The SMILES string of the molecule is CCc1cc(CON)cc(Cl)c1F. The van der Waals surface area contributed by atoms with E-state index in [1.54, 1.807) is 6.07 Å². The van der Waals surface area contributed by atoms with Crippen LogP contribution in [0.25, 0.3) is 0 Å². The summed E-state index contributed by atoms with van der Waals surface area (Å²) in [5.74, 6) is 4.55. The second-order valence-electron chi connectivity index (χ2n) is 2.72. The van der Waals surface area contributed by atoms with Crippen LogP contribution in [0, 0.1) is 5.82 Å². The topological polar surface area (TPSA) is 35.2 Å². The van der Waals surface area contributed by atoms with Gasteiger partial charge in [-0.15, -0.1) is 0 Å². The number of benzene rings is 1. The predicted molar refractivity (Wildman–Crippen MR) is 49.8 cm³/mol. The average Bonchev–Trinajstić information content (AvgIpc) is 2.11. The molecule has 2 N–H and O–H groups in total. The summed E-state index contributed by atoms with van der Waals surface area (Å²) < 4.78 is 13.2. The minimum Gasteiger partial charge on any atom is -0.300 e. The van der Waals surface area contributed by atoms with E-state index in [4.69, 9.17) is 17.5 Å². The number of rotatable bonds is 3. The van der Waals surface area contributed by atoms with Crippen LogP contribution in [0.5, 0.6) is 0 Å². The van der Waals surface area contributed by atoms with Gasteiger partial charge in [0.1, 0.15) is 5.82 Å². The summed E-state index contributed by atoms with van der Waals surface area (Å²) in [6.07, 6.45) is 0.601. The molecule has 4 heteroatoms. The van der Waals surface area contributed by atoms with Gasteiger partial charge in [0.25, 0.3) is 0 Å². The molecular formula is C9H11ClFNO. The molecule has 0 aliphatic heterocycles. The zero-order valence-electron chi connectivity index (χ0n) is 7.31. The van der Waals surface area contributed by atoms with Gasteiger partial charge in [-0.1, -0.05) is 24.6 Å². The molecule has 1 aromatic rings. The molecule has 0 saturated heterocycles. The van der Waals surface area contributed by atoms with Crippen molar-refractivity contribution in [2.45, 2.75) is 20.0 Å². The molecule has 0 fully saturated rings. The Bertz CT molecular complexity index is 304. The first-order chi connectivity index (χ1) is 6.19. The molecule has 1 aromatic carbocycles. The second kappa shape index (κ2) is 4.56. The summed E-state index contributed by atoms with van der Waals surface area (Å²) >= 11 is 5.66. The van der Waals surface area contributed by atoms with Crippen LogP contribution in [-0.2, 0) is 17.9 Å². The summed E-state index contributed by atoms with van der Waals surface area (Å²) in [5, 5.41) is 0.117. The van der Waals surface area contributed by atoms with Crippen LogP contribution >= 0.6 is 11.6 Å². The van der Waals surface area contributed by atoms with Crippen molar-refractivity contribution >= 4 is 11.6 Å². The summed E-state index contributed by atoms with van der Waals surface area (Å²) in [6, 6.07) is 3.22. The standard InChI is InChI=1S/C9H11ClFNO/c1-2-7-3-6(5-13-12)4-8(10)9(7)11/h3-4H,2,5,12H2,1H3. The van der Waals surface area contributed by atoms with Crippen molar-refractivity contribution in [3.63, 3.8) is 0 Å². The average molecular weight is 204 g/mol. The first-order valence-electron chi connectivity index (χ1n) is 3.97. The number of hydrogen-bond donors (Lipinski definition) is 1. The minimum absolute atomic E-state index is 0.117. The molecule has 13 heavy (non-hydrogen) atoms. The summed E-state index contributed by atoms with van der Waals surface area (Å²) in [7, 11) is 0. The molecule has 1 rings (SSSR count). The molecule has 0 amide bonds. The Morgan fingerprint density at radius 2 is 2.23 bits per heavy atom. The number of nitrogens with two attached hydrogens (primary N) is 1. The second-order valence-corrected chi connectivity index (χ2v) is 3.12. The largest absolute Gasteiger partial charge is 0.300 e. The van der Waals surface area contributed by atoms with Gasteiger partial charge in [-0.2, -0.15) is 0 Å². The monoisotopic (exact) mass is 203 g/mol. The van der Waals surface area contributed by atoms with Crippen LogP contribution < -0.4 is 5.90 Å². The third-order valence-electron chi connectivity index (χ3n) is 1.79. The van der Waals surface area contributed by atoms with Gasteiger partial charge >= 0.3 is 0 Å². The third kappa shape index (κ3) is 2.40. The van der Waals surface area contributed by atoms with Crippen molar-refractivity contribution < 1.29 is 9.23 Å². The third-order valence-corrected chi connectivity index (χ3v) is 2.07. The first-order valence-corrected chi connectivity index (χ1v) is 4.35. The normalized spacial score (nSPS) is 10.5. The van der Waals surface area contributed by atoms with Gasteiger partial charge in [-0.05, 0) is 23.6 Å². The zero-order chi connectivity index (χ0) is 9.84. The molecule has 0 aliphatic carbocycles. The van der Waals surface area contributed by atoms with Crippen molar-refractivity contribution in [2.75, 3.05) is 0 Å². The van der Waals surface area contributed by atoms with E-state index in [0.717, 1.165) is 5.56 Å². The highest BCUT2D eigenvalue weighted by Crippen LogP contribution is 2.21. The fraction of sp³-hybridized carbons (Fsp3) is 0.333. The maximum Gasteiger partial charge on any atom is 0.144 e. The van der Waals surface area contributed by atoms with E-state index in [2.05, 4.69) is 4.84 Å². The maximum atomic E-state index is 13.2.